The minimum Gasteiger partial charge on any atom is -0.550 e. The van der Waals surface area contributed by atoms with Crippen molar-refractivity contribution in [1.29, 1.82) is 0 Å². The summed E-state index contributed by atoms with van der Waals surface area (Å²) < 4.78 is 0. The summed E-state index contributed by atoms with van der Waals surface area (Å²) in [6.45, 7) is 2.67. The molecular weight excluding hydrogens is 251 g/mol. The van der Waals surface area contributed by atoms with Crippen LogP contribution in [0, 0.1) is 0 Å². The Morgan fingerprint density at radius 1 is 0.765 bits per heavy atom. The number of hydrogen-bond acceptors (Lipinski definition) is 8. The minimum atomic E-state index is -1.08. The minimum absolute atomic E-state index is 0. The number of carboxylic acids is 3. The molecule has 9 heteroatoms. The molecule has 0 unspecified atom stereocenters. The number of hydrogen-bond donors (Lipinski definition) is 2. The third kappa shape index (κ3) is 130000. The van der Waals surface area contributed by atoms with Crippen molar-refractivity contribution in [2.75, 3.05) is 13.2 Å². The Morgan fingerprint density at radius 3 is 0.824 bits per heavy atom. The van der Waals surface area contributed by atoms with Crippen LogP contribution in [0.3, 0.4) is 0 Å². The van der Waals surface area contributed by atoms with Crippen LogP contribution in [0.25, 0.3) is 0 Å². The molecule has 0 atom stereocenters. The van der Waals surface area contributed by atoms with E-state index in [4.69, 9.17) is 39.9 Å². The van der Waals surface area contributed by atoms with Crippen molar-refractivity contribution in [3.63, 3.8) is 0 Å². The van der Waals surface area contributed by atoms with Crippen LogP contribution in [-0.4, -0.2) is 58.7 Å². The maximum absolute atomic E-state index is 8.89. The molecule has 98 valence electrons. The van der Waals surface area contributed by atoms with Gasteiger partial charge in [-0.2, -0.15) is 0 Å². The molecule has 17 heavy (non-hydrogen) atoms. The van der Waals surface area contributed by atoms with E-state index >= 15 is 0 Å². The van der Waals surface area contributed by atoms with Gasteiger partial charge in [-0.05, 0) is 20.8 Å². The van der Waals surface area contributed by atoms with Gasteiger partial charge in [-0.3, -0.25) is 0 Å². The maximum Gasteiger partial charge on any atom is 3.00 e. The van der Waals surface area contributed by atoms with Crippen molar-refractivity contribution in [1.82, 2.24) is 0 Å². The number of carboxylic acid groups (broad SMARTS) is 3. The number of rotatable bonds is 1. The summed E-state index contributed by atoms with van der Waals surface area (Å²) in [4.78, 5) is 26.7. The van der Waals surface area contributed by atoms with E-state index in [-0.39, 0.29) is 30.6 Å². The van der Waals surface area contributed by atoms with Gasteiger partial charge in [0.2, 0.25) is 0 Å². The monoisotopic (exact) mass is 266 g/mol. The second-order valence-corrected chi connectivity index (χ2v) is 1.92. The van der Waals surface area contributed by atoms with Gasteiger partial charge < -0.3 is 39.9 Å². The molecule has 0 radical (unpaired) electrons. The van der Waals surface area contributed by atoms with E-state index in [0.717, 1.165) is 20.8 Å². The van der Waals surface area contributed by atoms with Gasteiger partial charge >= 0.3 is 17.4 Å². The molecule has 0 aliphatic rings. The molecule has 0 heterocycles. The van der Waals surface area contributed by atoms with Gasteiger partial charge in [-0.15, -0.1) is 0 Å². The molecular formula is C8H15AlO8. The van der Waals surface area contributed by atoms with Gasteiger partial charge in [0.15, 0.2) is 0 Å². The van der Waals surface area contributed by atoms with Crippen LogP contribution < -0.4 is 15.3 Å². The van der Waals surface area contributed by atoms with Crippen molar-refractivity contribution in [3.8, 4) is 0 Å². The maximum atomic E-state index is 8.89. The molecule has 0 aromatic rings. The van der Waals surface area contributed by atoms with E-state index in [1.807, 2.05) is 0 Å². The first kappa shape index (κ1) is 29.7. The smallest absolute Gasteiger partial charge is 0.550 e. The van der Waals surface area contributed by atoms with Crippen LogP contribution in [-0.2, 0) is 14.4 Å². The fourth-order valence-corrected chi connectivity index (χ4v) is 0. The van der Waals surface area contributed by atoms with Gasteiger partial charge in [-0.1, -0.05) is 0 Å². The van der Waals surface area contributed by atoms with Crippen molar-refractivity contribution in [2.24, 2.45) is 0 Å². The molecule has 0 rings (SSSR count). The normalized spacial score (nSPS) is 6.18. The van der Waals surface area contributed by atoms with Crippen LogP contribution in [0.5, 0.6) is 0 Å². The largest absolute Gasteiger partial charge is 3.00 e. The Hall–Kier alpha value is -1.14. The van der Waals surface area contributed by atoms with Crippen LogP contribution in [0.2, 0.25) is 0 Å². The van der Waals surface area contributed by atoms with Crippen molar-refractivity contribution in [2.45, 2.75) is 20.8 Å². The second-order valence-electron chi connectivity index (χ2n) is 1.92. The number of aliphatic hydroxyl groups is 2. The Bertz CT molecular complexity index is 140. The van der Waals surface area contributed by atoms with Gasteiger partial charge in [0.1, 0.15) is 0 Å². The molecule has 0 aromatic heterocycles. The van der Waals surface area contributed by atoms with E-state index in [1.165, 1.54) is 0 Å². The summed E-state index contributed by atoms with van der Waals surface area (Å²) in [7, 11) is 0. The van der Waals surface area contributed by atoms with Crippen LogP contribution >= 0.6 is 0 Å². The van der Waals surface area contributed by atoms with Gasteiger partial charge in [0.25, 0.3) is 0 Å². The topological polar surface area (TPSA) is 161 Å². The van der Waals surface area contributed by atoms with E-state index in [1.54, 1.807) is 0 Å². The van der Waals surface area contributed by atoms with E-state index < -0.39 is 17.9 Å². The number of carbonyl (C=O) groups excluding carboxylic acids is 3. The number of aliphatic carboxylic acids is 3. The van der Waals surface area contributed by atoms with Crippen molar-refractivity contribution in [3.05, 3.63) is 0 Å². The fourth-order valence-electron chi connectivity index (χ4n) is 0. The molecule has 0 saturated carbocycles. The number of aliphatic hydroxyl groups excluding tert-OH is 2. The van der Waals surface area contributed by atoms with Crippen LogP contribution in [0.15, 0.2) is 0 Å². The zero-order valence-electron chi connectivity index (χ0n) is 9.84. The average molecular weight is 266 g/mol. The van der Waals surface area contributed by atoms with Crippen LogP contribution in [0.4, 0.5) is 0 Å². The SMILES string of the molecule is CC(=O)[O-].CC(=O)[O-].CC(=O)[O-].OCCO.[Al+3]. The summed E-state index contributed by atoms with van der Waals surface area (Å²) in [5.74, 6) is -3.25. The summed E-state index contributed by atoms with van der Waals surface area (Å²) in [6, 6.07) is 0. The van der Waals surface area contributed by atoms with Gasteiger partial charge in [-0.25, -0.2) is 0 Å². The van der Waals surface area contributed by atoms with Crippen molar-refractivity contribution >= 4 is 35.3 Å². The van der Waals surface area contributed by atoms with Gasteiger partial charge in [0, 0.05) is 17.9 Å². The first-order valence-corrected chi connectivity index (χ1v) is 3.86. The molecule has 0 fully saturated rings. The molecule has 2 N–H and O–H groups in total. The molecule has 0 saturated heterocycles. The first-order valence-electron chi connectivity index (χ1n) is 3.86. The Balaban J connectivity index is -0.0000000369. The summed E-state index contributed by atoms with van der Waals surface area (Å²) >= 11 is 0. The zero-order valence-corrected chi connectivity index (χ0v) is 11.0. The van der Waals surface area contributed by atoms with Crippen LogP contribution in [0.1, 0.15) is 20.8 Å². The Morgan fingerprint density at radius 2 is 0.824 bits per heavy atom. The van der Waals surface area contributed by atoms with E-state index in [2.05, 4.69) is 0 Å². The Kier molecular flexibility index (Phi) is 51.3. The first-order chi connectivity index (χ1) is 7.11. The van der Waals surface area contributed by atoms with Crippen molar-refractivity contribution < 1.29 is 39.9 Å². The quantitative estimate of drug-likeness (QED) is 0.445. The molecule has 0 amide bonds. The van der Waals surface area contributed by atoms with Gasteiger partial charge in [0.05, 0.1) is 13.2 Å². The number of carbonyl (C=O) groups is 3. The third-order valence-corrected chi connectivity index (χ3v) is 0.1000. The molecule has 0 aromatic carbocycles. The zero-order chi connectivity index (χ0) is 14.1. The second kappa shape index (κ2) is 29.4. The summed E-state index contributed by atoms with van der Waals surface area (Å²) in [5.41, 5.74) is 0. The molecule has 0 spiro atoms. The third-order valence-electron chi connectivity index (χ3n) is 0.1000. The molecule has 0 bridgehead atoms. The standard InChI is InChI=1S/3C2H4O2.C2H6O2.Al/c3*1-2(3)4;3-1-2-4;/h3*1H3,(H,3,4);3-4H,1-2H2;/q;;;;+3/p-3. The average Bonchev–Trinajstić information content (AvgIpc) is 2.00. The molecule has 0 aliphatic carbocycles. The predicted molar refractivity (Wildman–Crippen MR) is 52.0 cm³/mol. The molecule has 8 nitrogen and oxygen atoms in total. The van der Waals surface area contributed by atoms with E-state index in [9.17, 15) is 0 Å². The fraction of sp³-hybridized carbons (Fsp3) is 0.625. The molecule has 0 aliphatic heterocycles. The summed E-state index contributed by atoms with van der Waals surface area (Å²) in [5, 5.41) is 41.9. The predicted octanol–water partition coefficient (Wildman–Crippen LogP) is -5.14. The summed E-state index contributed by atoms with van der Waals surface area (Å²) in [6.07, 6.45) is 0. The van der Waals surface area contributed by atoms with E-state index in [0.29, 0.717) is 0 Å². The Labute approximate surface area is 110 Å².